The number of ether oxygens (including phenoxy) is 2. The second-order valence-corrected chi connectivity index (χ2v) is 4.89. The van der Waals surface area contributed by atoms with Crippen molar-refractivity contribution in [2.75, 3.05) is 0 Å². The third kappa shape index (κ3) is 5.58. The van der Waals surface area contributed by atoms with Crippen LogP contribution in [0.5, 0.6) is 17.4 Å². The first-order chi connectivity index (χ1) is 10.8. The average molecular weight is 382 g/mol. The number of rotatable bonds is 5. The molecule has 0 radical (unpaired) electrons. The number of nitrogens with zero attached hydrogens (tertiary/aromatic N) is 1. The molecule has 1 atom stereocenters. The summed E-state index contributed by atoms with van der Waals surface area (Å²) in [4.78, 5) is 14.5. The maximum atomic E-state index is 12.4. The topological polar surface area (TPSA) is 48.4 Å². The largest absolute Gasteiger partial charge is 0.482 e. The van der Waals surface area contributed by atoms with Crippen LogP contribution < -0.4 is 9.47 Å². The van der Waals surface area contributed by atoms with Gasteiger partial charge >= 0.3 is 6.18 Å². The standard InChI is InChI=1S/C15H11ClF3NO3.ClH/c1-9(14(16)21)22-11-3-5-12(6-4-11)23-13-7-2-10(8-20-13)15(17,18)19;/h2-9H,1H3;1H. The first-order valence-corrected chi connectivity index (χ1v) is 6.80. The summed E-state index contributed by atoms with van der Waals surface area (Å²) in [6.07, 6.45) is -4.54. The zero-order valence-corrected chi connectivity index (χ0v) is 13.8. The minimum absolute atomic E-state index is 0. The maximum absolute atomic E-state index is 12.4. The van der Waals surface area contributed by atoms with Crippen molar-refractivity contribution >= 4 is 29.3 Å². The van der Waals surface area contributed by atoms with Crippen LogP contribution in [0.4, 0.5) is 13.2 Å². The Bertz CT molecular complexity index is 676. The van der Waals surface area contributed by atoms with Gasteiger partial charge in [0.25, 0.3) is 5.24 Å². The minimum Gasteiger partial charge on any atom is -0.482 e. The molecule has 0 saturated heterocycles. The van der Waals surface area contributed by atoms with Gasteiger partial charge in [0.2, 0.25) is 5.88 Å². The van der Waals surface area contributed by atoms with E-state index in [0.29, 0.717) is 17.7 Å². The van der Waals surface area contributed by atoms with Gasteiger partial charge in [-0.2, -0.15) is 13.2 Å². The van der Waals surface area contributed by atoms with Crippen LogP contribution >= 0.6 is 24.0 Å². The van der Waals surface area contributed by atoms with E-state index in [4.69, 9.17) is 21.1 Å². The zero-order chi connectivity index (χ0) is 17.0. The second kappa shape index (κ2) is 8.21. The van der Waals surface area contributed by atoms with Crippen LogP contribution in [0.2, 0.25) is 0 Å². The highest BCUT2D eigenvalue weighted by Crippen LogP contribution is 2.30. The fourth-order valence-corrected chi connectivity index (χ4v) is 1.61. The summed E-state index contributed by atoms with van der Waals surface area (Å²) in [5.74, 6) is 0.782. The third-order valence-corrected chi connectivity index (χ3v) is 3.05. The van der Waals surface area contributed by atoms with Gasteiger partial charge in [0.05, 0.1) is 5.56 Å². The molecule has 0 N–H and O–H groups in total. The van der Waals surface area contributed by atoms with Gasteiger partial charge in [-0.15, -0.1) is 12.4 Å². The van der Waals surface area contributed by atoms with Crippen molar-refractivity contribution < 1.29 is 27.4 Å². The highest BCUT2D eigenvalue weighted by atomic mass is 35.5. The number of hydrogen-bond acceptors (Lipinski definition) is 4. The predicted octanol–water partition coefficient (Wildman–Crippen LogP) is 4.85. The summed E-state index contributed by atoms with van der Waals surface area (Å²) in [6, 6.07) is 8.14. The Morgan fingerprint density at radius 3 is 2.17 bits per heavy atom. The summed E-state index contributed by atoms with van der Waals surface area (Å²) < 4.78 is 47.9. The molecule has 0 spiro atoms. The molecule has 0 aliphatic rings. The van der Waals surface area contributed by atoms with Crippen molar-refractivity contribution in [2.45, 2.75) is 19.2 Å². The lowest BCUT2D eigenvalue weighted by Crippen LogP contribution is -2.18. The smallest absolute Gasteiger partial charge is 0.417 e. The molecular formula is C15H12Cl2F3NO3. The van der Waals surface area contributed by atoms with E-state index in [1.807, 2.05) is 0 Å². The van der Waals surface area contributed by atoms with E-state index >= 15 is 0 Å². The van der Waals surface area contributed by atoms with Crippen LogP contribution in [-0.2, 0) is 11.0 Å². The molecule has 1 aromatic carbocycles. The van der Waals surface area contributed by atoms with Crippen LogP contribution in [0.15, 0.2) is 42.6 Å². The van der Waals surface area contributed by atoms with Crippen molar-refractivity contribution in [2.24, 2.45) is 0 Å². The molecule has 0 fully saturated rings. The normalized spacial score (nSPS) is 12.0. The van der Waals surface area contributed by atoms with Crippen molar-refractivity contribution in [3.05, 3.63) is 48.2 Å². The quantitative estimate of drug-likeness (QED) is 0.694. The van der Waals surface area contributed by atoms with Crippen LogP contribution in [0, 0.1) is 0 Å². The van der Waals surface area contributed by atoms with E-state index in [9.17, 15) is 18.0 Å². The Hall–Kier alpha value is -1.99. The van der Waals surface area contributed by atoms with Crippen molar-refractivity contribution in [3.8, 4) is 17.4 Å². The summed E-state index contributed by atoms with van der Waals surface area (Å²) in [5, 5.41) is -0.626. The van der Waals surface area contributed by atoms with Crippen molar-refractivity contribution in [1.82, 2.24) is 4.98 Å². The molecule has 0 aliphatic heterocycles. The molecule has 1 heterocycles. The van der Waals surface area contributed by atoms with E-state index in [1.54, 1.807) is 0 Å². The summed E-state index contributed by atoms with van der Waals surface area (Å²) >= 11 is 5.28. The van der Waals surface area contributed by atoms with Gasteiger partial charge in [-0.1, -0.05) is 0 Å². The van der Waals surface area contributed by atoms with E-state index in [0.717, 1.165) is 12.1 Å². The summed E-state index contributed by atoms with van der Waals surface area (Å²) in [7, 11) is 0. The number of halogens is 5. The molecule has 130 valence electrons. The van der Waals surface area contributed by atoms with Crippen LogP contribution in [0.1, 0.15) is 12.5 Å². The molecule has 4 nitrogen and oxygen atoms in total. The molecular weight excluding hydrogens is 370 g/mol. The highest BCUT2D eigenvalue weighted by Gasteiger charge is 2.30. The van der Waals surface area contributed by atoms with Crippen molar-refractivity contribution in [3.63, 3.8) is 0 Å². The Morgan fingerprint density at radius 1 is 1.12 bits per heavy atom. The first kappa shape index (κ1) is 20.1. The number of alkyl halides is 3. The van der Waals surface area contributed by atoms with Crippen LogP contribution in [-0.4, -0.2) is 16.3 Å². The predicted molar refractivity (Wildman–Crippen MR) is 84.0 cm³/mol. The fraction of sp³-hybridized carbons (Fsp3) is 0.200. The highest BCUT2D eigenvalue weighted by molar-refractivity contribution is 6.64. The van der Waals surface area contributed by atoms with E-state index in [-0.39, 0.29) is 18.3 Å². The van der Waals surface area contributed by atoms with Gasteiger partial charge < -0.3 is 9.47 Å². The lowest BCUT2D eigenvalue weighted by atomic mass is 10.3. The number of hydrogen-bond donors (Lipinski definition) is 0. The molecule has 0 bridgehead atoms. The monoisotopic (exact) mass is 381 g/mol. The van der Waals surface area contributed by atoms with Gasteiger partial charge in [0, 0.05) is 12.3 Å². The summed E-state index contributed by atoms with van der Waals surface area (Å²) in [6.45, 7) is 1.51. The molecule has 24 heavy (non-hydrogen) atoms. The van der Waals surface area contributed by atoms with Crippen LogP contribution in [0.25, 0.3) is 0 Å². The number of benzene rings is 1. The minimum atomic E-state index is -4.44. The van der Waals surface area contributed by atoms with Crippen LogP contribution in [0.3, 0.4) is 0 Å². The van der Waals surface area contributed by atoms with E-state index in [1.165, 1.54) is 31.2 Å². The fourth-order valence-electron chi connectivity index (χ4n) is 1.57. The van der Waals surface area contributed by atoms with Crippen molar-refractivity contribution in [1.29, 1.82) is 0 Å². The maximum Gasteiger partial charge on any atom is 0.417 e. The van der Waals surface area contributed by atoms with Gasteiger partial charge in [-0.05, 0) is 48.9 Å². The Labute approximate surface area is 147 Å². The van der Waals surface area contributed by atoms with Gasteiger partial charge in [0.1, 0.15) is 11.5 Å². The summed E-state index contributed by atoms with van der Waals surface area (Å²) in [5.41, 5.74) is -0.853. The number of aromatic nitrogens is 1. The van der Waals surface area contributed by atoms with E-state index in [2.05, 4.69) is 4.98 Å². The second-order valence-electron chi connectivity index (χ2n) is 4.52. The molecule has 0 aliphatic carbocycles. The molecule has 0 amide bonds. The Morgan fingerprint density at radius 2 is 1.71 bits per heavy atom. The number of carbonyl (C=O) groups is 1. The number of pyridine rings is 1. The first-order valence-electron chi connectivity index (χ1n) is 6.43. The third-order valence-electron chi connectivity index (χ3n) is 2.74. The lowest BCUT2D eigenvalue weighted by Gasteiger charge is -2.11. The lowest BCUT2D eigenvalue weighted by molar-refractivity contribution is -0.137. The molecule has 2 aromatic rings. The zero-order valence-electron chi connectivity index (χ0n) is 12.2. The Kier molecular flexibility index (Phi) is 6.86. The van der Waals surface area contributed by atoms with Gasteiger partial charge in [0.15, 0.2) is 6.10 Å². The SMILES string of the molecule is CC(Oc1ccc(Oc2ccc(C(F)(F)F)cn2)cc1)C(=O)Cl.Cl. The average Bonchev–Trinajstić information content (AvgIpc) is 2.49. The van der Waals surface area contributed by atoms with Gasteiger partial charge in [-0.3, -0.25) is 4.79 Å². The molecule has 9 heteroatoms. The molecule has 1 aromatic heterocycles. The number of carbonyl (C=O) groups excluding carboxylic acids is 1. The van der Waals surface area contributed by atoms with Gasteiger partial charge in [-0.25, -0.2) is 4.98 Å². The Balaban J connectivity index is 0.00000288. The van der Waals surface area contributed by atoms with E-state index < -0.39 is 23.1 Å². The molecule has 2 rings (SSSR count). The molecule has 0 saturated carbocycles. The molecule has 1 unspecified atom stereocenters.